The lowest BCUT2D eigenvalue weighted by Gasteiger charge is -2.24. The lowest BCUT2D eigenvalue weighted by atomic mass is 9.85. The van der Waals surface area contributed by atoms with Gasteiger partial charge < -0.3 is 10.8 Å². The fourth-order valence-corrected chi connectivity index (χ4v) is 1.47. The number of rotatable bonds is 1. The third-order valence-corrected chi connectivity index (χ3v) is 2.14. The van der Waals surface area contributed by atoms with Gasteiger partial charge in [-0.3, -0.25) is 4.79 Å². The van der Waals surface area contributed by atoms with Crippen LogP contribution >= 0.6 is 0 Å². The number of hydrogen-bond acceptors (Lipinski definition) is 2. The van der Waals surface area contributed by atoms with Gasteiger partial charge in [-0.05, 0) is 12.8 Å². The molecule has 1 aliphatic carbocycles. The van der Waals surface area contributed by atoms with Crippen LogP contribution in [0.15, 0.2) is 0 Å². The van der Waals surface area contributed by atoms with Crippen LogP contribution in [0.1, 0.15) is 27.1 Å². The van der Waals surface area contributed by atoms with Crippen molar-refractivity contribution in [2.24, 2.45) is 11.7 Å². The molecule has 10 heavy (non-hydrogen) atoms. The second-order valence-electron chi connectivity index (χ2n) is 2.89. The highest BCUT2D eigenvalue weighted by atomic mass is 16.4. The molecule has 0 saturated heterocycles. The van der Waals surface area contributed by atoms with E-state index < -0.39 is 5.97 Å². The average Bonchev–Trinajstić information content (AvgIpc) is 1.88. The molecule has 3 nitrogen and oxygen atoms in total. The Kier molecular flexibility index (Phi) is 2.27. The van der Waals surface area contributed by atoms with Crippen LogP contribution in [0, 0.1) is 5.92 Å². The topological polar surface area (TPSA) is 63.3 Å². The van der Waals surface area contributed by atoms with Crippen LogP contribution < -0.4 is 5.73 Å². The van der Waals surface area contributed by atoms with E-state index in [0.29, 0.717) is 0 Å². The molecule has 1 fully saturated rings. The lowest BCUT2D eigenvalue weighted by molar-refractivity contribution is -0.143. The summed E-state index contributed by atoms with van der Waals surface area (Å²) in [6.45, 7) is 0. The molecule has 0 heterocycles. The van der Waals surface area contributed by atoms with Crippen molar-refractivity contribution in [1.82, 2.24) is 0 Å². The first-order chi connectivity index (χ1) is 4.72. The van der Waals surface area contributed by atoms with E-state index in [1.807, 2.05) is 0 Å². The van der Waals surface area contributed by atoms with Gasteiger partial charge in [0.2, 0.25) is 0 Å². The van der Waals surface area contributed by atoms with Gasteiger partial charge in [0.1, 0.15) is 0 Å². The fraction of sp³-hybridized carbons (Fsp3) is 0.857. The normalized spacial score (nSPS) is 33.7. The molecule has 1 rings (SSSR count). The Morgan fingerprint density at radius 2 is 2.10 bits per heavy atom. The predicted octanol–water partition coefficient (Wildman–Crippen LogP) is 0.701. The first-order valence-corrected chi connectivity index (χ1v) is 3.70. The number of carboxylic acid groups (broad SMARTS) is 1. The summed E-state index contributed by atoms with van der Waals surface area (Å²) < 4.78 is 0. The van der Waals surface area contributed by atoms with Crippen molar-refractivity contribution < 1.29 is 11.3 Å². The van der Waals surface area contributed by atoms with Gasteiger partial charge in [0, 0.05) is 6.04 Å². The zero-order chi connectivity index (χ0) is 7.56. The van der Waals surface area contributed by atoms with Crippen molar-refractivity contribution in [2.45, 2.75) is 31.7 Å². The quantitative estimate of drug-likeness (QED) is 0.569. The maximum Gasteiger partial charge on any atom is 1.00 e. The molecular weight excluding hydrogens is 130 g/mol. The first-order valence-electron chi connectivity index (χ1n) is 3.70. The Labute approximate surface area is 61.7 Å². The summed E-state index contributed by atoms with van der Waals surface area (Å²) in [6.07, 6.45) is 3.74. The second kappa shape index (κ2) is 3.01. The molecule has 0 aliphatic heterocycles. The van der Waals surface area contributed by atoms with E-state index >= 15 is 0 Å². The van der Waals surface area contributed by atoms with Gasteiger partial charge in [-0.25, -0.2) is 0 Å². The Morgan fingerprint density at radius 1 is 1.50 bits per heavy atom. The summed E-state index contributed by atoms with van der Waals surface area (Å²) in [7, 11) is 0. The van der Waals surface area contributed by atoms with Gasteiger partial charge in [-0.1, -0.05) is 12.8 Å². The molecule has 0 radical (unpaired) electrons. The zero-order valence-electron chi connectivity index (χ0n) is 6.92. The molecule has 0 unspecified atom stereocenters. The molecule has 0 spiro atoms. The Balaban J connectivity index is 0.000001000. The maximum absolute atomic E-state index is 10.5. The van der Waals surface area contributed by atoms with Crippen molar-refractivity contribution in [3.63, 3.8) is 0 Å². The molecular formula is C7H14NO2+. The van der Waals surface area contributed by atoms with Crippen LogP contribution in [0.3, 0.4) is 0 Å². The molecule has 0 aromatic heterocycles. The van der Waals surface area contributed by atoms with Crippen molar-refractivity contribution >= 4 is 5.97 Å². The van der Waals surface area contributed by atoms with Crippen molar-refractivity contribution in [3.05, 3.63) is 0 Å². The minimum absolute atomic E-state index is 0. The van der Waals surface area contributed by atoms with Crippen LogP contribution in [-0.2, 0) is 4.79 Å². The minimum Gasteiger partial charge on any atom is -0.481 e. The predicted molar refractivity (Wildman–Crippen MR) is 38.7 cm³/mol. The molecule has 1 saturated carbocycles. The van der Waals surface area contributed by atoms with Crippen molar-refractivity contribution in [3.8, 4) is 0 Å². The minimum atomic E-state index is -0.729. The third kappa shape index (κ3) is 1.48. The fourth-order valence-electron chi connectivity index (χ4n) is 1.47. The summed E-state index contributed by atoms with van der Waals surface area (Å²) in [4.78, 5) is 10.5. The molecule has 0 aromatic rings. The van der Waals surface area contributed by atoms with E-state index in [1.165, 1.54) is 0 Å². The van der Waals surface area contributed by atoms with Gasteiger partial charge in [0.15, 0.2) is 0 Å². The molecule has 1 aliphatic rings. The highest BCUT2D eigenvalue weighted by Crippen LogP contribution is 2.22. The number of carbonyl (C=O) groups is 1. The van der Waals surface area contributed by atoms with Gasteiger partial charge in [0.25, 0.3) is 0 Å². The molecule has 2 atom stereocenters. The van der Waals surface area contributed by atoms with Crippen molar-refractivity contribution in [1.29, 1.82) is 0 Å². The van der Waals surface area contributed by atoms with Crippen LogP contribution in [0.4, 0.5) is 0 Å². The van der Waals surface area contributed by atoms with Crippen LogP contribution in [0.5, 0.6) is 0 Å². The highest BCUT2D eigenvalue weighted by molar-refractivity contribution is 5.70. The van der Waals surface area contributed by atoms with Crippen LogP contribution in [0.25, 0.3) is 0 Å². The Hall–Kier alpha value is -0.570. The molecule has 0 amide bonds. The molecule has 0 aromatic carbocycles. The van der Waals surface area contributed by atoms with Gasteiger partial charge in [-0.2, -0.15) is 0 Å². The van der Waals surface area contributed by atoms with Gasteiger partial charge in [0.05, 0.1) is 5.92 Å². The standard InChI is InChI=1S/C7H13NO2/c8-6-4-2-1-3-5(6)7(9)10/h5-6H,1-4,8H2,(H,9,10)/p+1/t5-,6-/m1/s1. The molecule has 3 N–H and O–H groups in total. The molecule has 58 valence electrons. The molecule has 0 bridgehead atoms. The Morgan fingerprint density at radius 3 is 2.50 bits per heavy atom. The third-order valence-electron chi connectivity index (χ3n) is 2.14. The van der Waals surface area contributed by atoms with Crippen molar-refractivity contribution in [2.75, 3.05) is 0 Å². The maximum atomic E-state index is 10.5. The highest BCUT2D eigenvalue weighted by Gasteiger charge is 2.27. The van der Waals surface area contributed by atoms with Gasteiger partial charge >= 0.3 is 7.40 Å². The van der Waals surface area contributed by atoms with E-state index in [2.05, 4.69) is 0 Å². The van der Waals surface area contributed by atoms with E-state index in [9.17, 15) is 4.79 Å². The number of hydrogen-bond donors (Lipinski definition) is 2. The van der Waals surface area contributed by atoms with Crippen LogP contribution in [-0.4, -0.2) is 17.1 Å². The molecule has 3 heteroatoms. The van der Waals surface area contributed by atoms with E-state index in [-0.39, 0.29) is 13.4 Å². The smallest absolute Gasteiger partial charge is 0.481 e. The summed E-state index contributed by atoms with van der Waals surface area (Å²) >= 11 is 0. The van der Waals surface area contributed by atoms with E-state index in [4.69, 9.17) is 10.8 Å². The van der Waals surface area contributed by atoms with Gasteiger partial charge in [-0.15, -0.1) is 0 Å². The average molecular weight is 144 g/mol. The van der Waals surface area contributed by atoms with E-state index in [1.54, 1.807) is 0 Å². The second-order valence-corrected chi connectivity index (χ2v) is 2.89. The summed E-state index contributed by atoms with van der Waals surface area (Å²) in [5.41, 5.74) is 5.60. The SMILES string of the molecule is N[C@@H]1CCCC[C@H]1C(=O)O.[H+]. The first kappa shape index (κ1) is 7.54. The summed E-state index contributed by atoms with van der Waals surface area (Å²) in [6, 6.07) is -0.105. The Bertz CT molecular complexity index is 140. The number of aliphatic carboxylic acids is 1. The van der Waals surface area contributed by atoms with Crippen LogP contribution in [0.2, 0.25) is 0 Å². The number of carboxylic acids is 1. The summed E-state index contributed by atoms with van der Waals surface area (Å²) in [5.74, 6) is -1.01. The zero-order valence-corrected chi connectivity index (χ0v) is 5.92. The largest absolute Gasteiger partial charge is 1.00 e. The summed E-state index contributed by atoms with van der Waals surface area (Å²) in [5, 5.41) is 8.63. The number of nitrogens with two attached hydrogens (primary N) is 1. The van der Waals surface area contributed by atoms with E-state index in [0.717, 1.165) is 25.7 Å². The lowest BCUT2D eigenvalue weighted by Crippen LogP contribution is -2.37. The monoisotopic (exact) mass is 144 g/mol.